The third-order valence-electron chi connectivity index (χ3n) is 4.40. The Balaban J connectivity index is 1.61. The molecule has 0 aliphatic carbocycles. The molecule has 10 heteroatoms. The predicted molar refractivity (Wildman–Crippen MR) is 118 cm³/mol. The summed E-state index contributed by atoms with van der Waals surface area (Å²) >= 11 is 2.95. The molecule has 1 aromatic carbocycles. The van der Waals surface area contributed by atoms with Gasteiger partial charge in [0.25, 0.3) is 0 Å². The first-order valence-electron chi connectivity index (χ1n) is 9.09. The number of H-pyrrole nitrogens is 1. The summed E-state index contributed by atoms with van der Waals surface area (Å²) in [5, 5.41) is 12.0. The van der Waals surface area contributed by atoms with Crippen LogP contribution < -0.4 is 10.1 Å². The Morgan fingerprint density at radius 3 is 2.93 bits per heavy atom. The lowest BCUT2D eigenvalue weighted by molar-refractivity contribution is 0.413. The Labute approximate surface area is 180 Å². The number of imidazole rings is 1. The van der Waals surface area contributed by atoms with E-state index in [-0.39, 0.29) is 0 Å². The summed E-state index contributed by atoms with van der Waals surface area (Å²) in [5.74, 6) is 1.47. The fraction of sp³-hybridized carbons (Fsp3) is 0.100. The van der Waals surface area contributed by atoms with Crippen molar-refractivity contribution in [2.75, 3.05) is 12.4 Å². The fourth-order valence-electron chi connectivity index (χ4n) is 3.03. The number of nitrogens with zero attached hydrogens (tertiary/aromatic N) is 5. The maximum atomic E-state index is 5.35. The van der Waals surface area contributed by atoms with Crippen molar-refractivity contribution in [3.63, 3.8) is 0 Å². The van der Waals surface area contributed by atoms with Gasteiger partial charge in [-0.2, -0.15) is 9.47 Å². The van der Waals surface area contributed by atoms with E-state index in [0.29, 0.717) is 5.82 Å². The molecule has 0 unspecified atom stereocenters. The number of aryl methyl sites for hydroxylation is 1. The maximum Gasteiger partial charge on any atom is 0.181 e. The van der Waals surface area contributed by atoms with E-state index in [1.807, 2.05) is 60.2 Å². The normalized spacial score (nSPS) is 11.1. The van der Waals surface area contributed by atoms with Crippen molar-refractivity contribution in [2.24, 2.45) is 0 Å². The molecular weight excluding hydrogens is 418 g/mol. The first-order valence-corrected chi connectivity index (χ1v) is 10.7. The number of methoxy groups -OCH3 is 1. The largest absolute Gasteiger partial charge is 0.497 e. The molecule has 0 aliphatic heterocycles. The monoisotopic (exact) mass is 435 g/mol. The van der Waals surface area contributed by atoms with Crippen molar-refractivity contribution in [2.45, 2.75) is 16.8 Å². The third kappa shape index (κ3) is 3.62. The van der Waals surface area contributed by atoms with Gasteiger partial charge in [0.1, 0.15) is 15.8 Å². The molecule has 150 valence electrons. The quantitative estimate of drug-likeness (QED) is 0.396. The average Bonchev–Trinajstić information content (AvgIpc) is 3.49. The topological polar surface area (TPSA) is 93.0 Å². The van der Waals surface area contributed by atoms with Gasteiger partial charge in [0.2, 0.25) is 0 Å². The summed E-state index contributed by atoms with van der Waals surface area (Å²) in [7, 11) is 1.66. The van der Waals surface area contributed by atoms with Gasteiger partial charge in [-0.3, -0.25) is 9.50 Å². The summed E-state index contributed by atoms with van der Waals surface area (Å²) in [6.45, 7) is 1.96. The summed E-state index contributed by atoms with van der Waals surface area (Å²) < 4.78 is 11.7. The van der Waals surface area contributed by atoms with Crippen LogP contribution in [0.25, 0.3) is 16.9 Å². The van der Waals surface area contributed by atoms with Crippen LogP contribution in [-0.2, 0) is 0 Å². The zero-order valence-electron chi connectivity index (χ0n) is 16.2. The predicted octanol–water partition coefficient (Wildman–Crippen LogP) is 4.79. The lowest BCUT2D eigenvalue weighted by atomic mass is 10.3. The van der Waals surface area contributed by atoms with Crippen LogP contribution in [0.15, 0.2) is 65.0 Å². The van der Waals surface area contributed by atoms with Crippen molar-refractivity contribution >= 4 is 39.8 Å². The van der Waals surface area contributed by atoms with E-state index in [9.17, 15) is 0 Å². The number of rotatable bonds is 6. The zero-order chi connectivity index (χ0) is 20.5. The van der Waals surface area contributed by atoms with Gasteiger partial charge in [0.15, 0.2) is 11.5 Å². The highest BCUT2D eigenvalue weighted by atomic mass is 32.2. The van der Waals surface area contributed by atoms with Crippen LogP contribution in [-0.4, -0.2) is 36.0 Å². The number of aromatic nitrogens is 6. The average molecular weight is 436 g/mol. The number of ether oxygens (including phenoxy) is 1. The molecule has 4 aromatic heterocycles. The maximum absolute atomic E-state index is 5.35. The highest BCUT2D eigenvalue weighted by Gasteiger charge is 2.15. The van der Waals surface area contributed by atoms with Gasteiger partial charge < -0.3 is 10.1 Å². The van der Waals surface area contributed by atoms with Crippen LogP contribution in [0.2, 0.25) is 0 Å². The number of nitrogens with one attached hydrogen (secondary N) is 2. The zero-order valence-corrected chi connectivity index (χ0v) is 17.8. The second-order valence-corrected chi connectivity index (χ2v) is 8.39. The molecule has 2 N–H and O–H groups in total. The van der Waals surface area contributed by atoms with E-state index in [1.54, 1.807) is 25.1 Å². The van der Waals surface area contributed by atoms with E-state index < -0.39 is 0 Å². The van der Waals surface area contributed by atoms with Crippen molar-refractivity contribution in [1.82, 2.24) is 28.9 Å². The van der Waals surface area contributed by atoms with Crippen LogP contribution >= 0.6 is 23.3 Å². The second kappa shape index (κ2) is 7.81. The van der Waals surface area contributed by atoms with Crippen molar-refractivity contribution < 1.29 is 4.74 Å². The molecule has 0 fully saturated rings. The number of benzene rings is 1. The van der Waals surface area contributed by atoms with Crippen molar-refractivity contribution in [3.05, 3.63) is 60.8 Å². The molecule has 5 aromatic rings. The van der Waals surface area contributed by atoms with Crippen LogP contribution in [0.5, 0.6) is 5.75 Å². The van der Waals surface area contributed by atoms with E-state index in [1.165, 1.54) is 11.5 Å². The molecule has 0 saturated heterocycles. The number of hydrogen-bond donors (Lipinski definition) is 2. The molecule has 0 saturated carbocycles. The van der Waals surface area contributed by atoms with Gasteiger partial charge >= 0.3 is 0 Å². The number of anilines is 2. The lowest BCUT2D eigenvalue weighted by Gasteiger charge is -2.10. The molecule has 0 amide bonds. The van der Waals surface area contributed by atoms with Gasteiger partial charge in [-0.25, -0.2) is 9.97 Å². The van der Waals surface area contributed by atoms with E-state index >= 15 is 0 Å². The van der Waals surface area contributed by atoms with E-state index in [4.69, 9.17) is 9.72 Å². The highest BCUT2D eigenvalue weighted by Crippen LogP contribution is 2.33. The smallest absolute Gasteiger partial charge is 0.181 e. The fourth-order valence-corrected chi connectivity index (χ4v) is 4.55. The molecule has 0 bridgehead atoms. The molecule has 4 heterocycles. The number of fused-ring (bicyclic) bond motifs is 1. The van der Waals surface area contributed by atoms with Crippen molar-refractivity contribution in [1.29, 1.82) is 0 Å². The first kappa shape index (κ1) is 18.6. The lowest BCUT2D eigenvalue weighted by Crippen LogP contribution is -2.00. The molecule has 8 nitrogen and oxygen atoms in total. The number of aromatic amines is 1. The van der Waals surface area contributed by atoms with Crippen LogP contribution in [0.4, 0.5) is 10.8 Å². The molecule has 0 spiro atoms. The van der Waals surface area contributed by atoms with Crippen LogP contribution in [0.1, 0.15) is 5.69 Å². The summed E-state index contributed by atoms with van der Waals surface area (Å²) in [4.78, 5) is 10.5. The first-order chi connectivity index (χ1) is 14.7. The minimum absolute atomic E-state index is 0.668. The van der Waals surface area contributed by atoms with Crippen molar-refractivity contribution in [3.8, 4) is 17.0 Å². The van der Waals surface area contributed by atoms with Gasteiger partial charge in [-0.05, 0) is 42.7 Å². The SMILES string of the molecule is COc1cccc(Sc2cn3c(-c4cn[nH]c4)cnc3c(Nc3cc(C)ns3)n2)c1. The minimum Gasteiger partial charge on any atom is -0.497 e. The van der Waals surface area contributed by atoms with Gasteiger partial charge in [0, 0.05) is 22.9 Å². The van der Waals surface area contributed by atoms with E-state index in [0.717, 1.165) is 43.3 Å². The Hall–Kier alpha value is -3.37. The highest BCUT2D eigenvalue weighted by molar-refractivity contribution is 7.99. The molecule has 0 radical (unpaired) electrons. The van der Waals surface area contributed by atoms with Gasteiger partial charge in [0.05, 0.1) is 30.9 Å². The summed E-state index contributed by atoms with van der Waals surface area (Å²) in [5.41, 5.74) is 3.57. The second-order valence-electron chi connectivity index (χ2n) is 6.49. The summed E-state index contributed by atoms with van der Waals surface area (Å²) in [6.07, 6.45) is 7.43. The van der Waals surface area contributed by atoms with Crippen LogP contribution in [0.3, 0.4) is 0 Å². The number of hydrogen-bond acceptors (Lipinski definition) is 8. The molecule has 30 heavy (non-hydrogen) atoms. The Morgan fingerprint density at radius 2 is 2.17 bits per heavy atom. The molecule has 5 rings (SSSR count). The Kier molecular flexibility index (Phi) is 4.85. The van der Waals surface area contributed by atoms with Gasteiger partial charge in [-0.1, -0.05) is 17.8 Å². The third-order valence-corrected chi connectivity index (χ3v) is 6.09. The summed E-state index contributed by atoms with van der Waals surface area (Å²) in [6, 6.07) is 9.90. The molecule has 0 atom stereocenters. The molecule has 0 aliphatic rings. The Morgan fingerprint density at radius 1 is 1.23 bits per heavy atom. The molecular formula is C20H17N7OS2. The minimum atomic E-state index is 0.668. The standard InChI is InChI=1S/C20H17N7OS2/c1-12-6-17(30-26-12)24-19-20-21-10-16(13-8-22-23-9-13)27(20)11-18(25-19)29-15-5-3-4-14(7-15)28-2/h3-11H,1-2H3,(H,22,23)(H,24,25). The van der Waals surface area contributed by atoms with E-state index in [2.05, 4.69) is 24.9 Å². The van der Waals surface area contributed by atoms with Crippen LogP contribution in [0, 0.1) is 6.92 Å². The van der Waals surface area contributed by atoms with Gasteiger partial charge in [-0.15, -0.1) is 0 Å². The Bertz CT molecular complexity index is 1310.